The summed E-state index contributed by atoms with van der Waals surface area (Å²) >= 11 is 0. The van der Waals surface area contributed by atoms with Crippen LogP contribution >= 0.6 is 0 Å². The zero-order valence-corrected chi connectivity index (χ0v) is 28.1. The first-order valence-corrected chi connectivity index (χ1v) is 15.3. The van der Waals surface area contributed by atoms with Crippen molar-refractivity contribution < 1.29 is 13.6 Å². The second-order valence-corrected chi connectivity index (χ2v) is 8.97. The fourth-order valence-electron chi connectivity index (χ4n) is 2.91. The Labute approximate surface area is 253 Å². The Balaban J connectivity index is -0.000000232. The van der Waals surface area contributed by atoms with Crippen molar-refractivity contribution in [3.8, 4) is 0 Å². The Kier molecular flexibility index (Phi) is 38.7. The van der Waals surface area contributed by atoms with Crippen molar-refractivity contribution >= 4 is 12.0 Å². The molecule has 0 aliphatic rings. The third-order valence-corrected chi connectivity index (χ3v) is 5.00. The first-order chi connectivity index (χ1) is 19.6. The van der Waals surface area contributed by atoms with Crippen LogP contribution in [-0.4, -0.2) is 18.4 Å². The first kappa shape index (κ1) is 45.1. The van der Waals surface area contributed by atoms with E-state index in [1.807, 2.05) is 26.1 Å². The Hall–Kier alpha value is -2.88. The van der Waals surface area contributed by atoms with Gasteiger partial charge in [-0.1, -0.05) is 148 Å². The quantitative estimate of drug-likeness (QED) is 0.217. The predicted molar refractivity (Wildman–Crippen MR) is 182 cm³/mol. The van der Waals surface area contributed by atoms with E-state index >= 15 is 0 Å². The smallest absolute Gasteiger partial charge is 0.235 e. The zero-order valence-electron chi connectivity index (χ0n) is 28.1. The molecule has 0 aromatic heterocycles. The molecule has 2 aromatic carbocycles. The van der Waals surface area contributed by atoms with E-state index in [-0.39, 0.29) is 5.78 Å². The monoisotopic (exact) mass is 573 g/mol. The average Bonchev–Trinajstić information content (AvgIpc) is 2.98. The lowest BCUT2D eigenvalue weighted by atomic mass is 9.93. The largest absolute Gasteiger partial charge is 0.300 e. The molecule has 0 aliphatic carbocycles. The molecule has 0 saturated carbocycles. The molecule has 0 aliphatic heterocycles. The lowest BCUT2D eigenvalue weighted by Crippen LogP contribution is -1.94. The van der Waals surface area contributed by atoms with Gasteiger partial charge in [-0.05, 0) is 56.7 Å². The van der Waals surface area contributed by atoms with Gasteiger partial charge in [-0.25, -0.2) is 8.78 Å². The number of hydrogen-bond donors (Lipinski definition) is 0. The van der Waals surface area contributed by atoms with Crippen LogP contribution in [0.2, 0.25) is 0 Å². The van der Waals surface area contributed by atoms with Gasteiger partial charge in [-0.3, -0.25) is 4.99 Å². The van der Waals surface area contributed by atoms with Crippen LogP contribution in [0.1, 0.15) is 132 Å². The summed E-state index contributed by atoms with van der Waals surface area (Å²) in [6, 6.07) is 21.2. The molecule has 4 heteroatoms. The molecule has 2 rings (SSSR count). The summed E-state index contributed by atoms with van der Waals surface area (Å²) in [5, 5.41) is 0. The van der Waals surface area contributed by atoms with Crippen LogP contribution in [0.15, 0.2) is 89.6 Å². The van der Waals surface area contributed by atoms with Gasteiger partial charge < -0.3 is 4.79 Å². The van der Waals surface area contributed by atoms with Gasteiger partial charge in [0, 0.05) is 17.8 Å². The van der Waals surface area contributed by atoms with Gasteiger partial charge in [0.15, 0.2) is 0 Å². The number of halogens is 2. The molecule has 0 fully saturated rings. The van der Waals surface area contributed by atoms with Gasteiger partial charge >= 0.3 is 0 Å². The highest BCUT2D eigenvalue weighted by molar-refractivity contribution is 5.72. The van der Waals surface area contributed by atoms with Gasteiger partial charge in [0.25, 0.3) is 0 Å². The third-order valence-electron chi connectivity index (χ3n) is 5.00. The highest BCUT2D eigenvalue weighted by Crippen LogP contribution is 2.23. The second kappa shape index (κ2) is 35.1. The van der Waals surface area contributed by atoms with Crippen molar-refractivity contribution in [2.45, 2.75) is 127 Å². The van der Waals surface area contributed by atoms with Crippen molar-refractivity contribution in [2.75, 3.05) is 0 Å². The lowest BCUT2D eigenvalue weighted by Gasteiger charge is -2.11. The molecule has 234 valence electrons. The Morgan fingerprint density at radius 1 is 0.805 bits per heavy atom. The topological polar surface area (TPSA) is 29.4 Å². The fourth-order valence-corrected chi connectivity index (χ4v) is 2.91. The average molecular weight is 574 g/mol. The third kappa shape index (κ3) is 33.2. The fraction of sp³-hybridized carbons (Fsp3) is 0.514. The van der Waals surface area contributed by atoms with E-state index in [2.05, 4.69) is 114 Å². The van der Waals surface area contributed by atoms with E-state index in [4.69, 9.17) is 0 Å². The number of allylic oxidation sites excluding steroid dienone is 3. The van der Waals surface area contributed by atoms with Crippen molar-refractivity contribution in [1.82, 2.24) is 0 Å². The Morgan fingerprint density at radius 3 is 1.41 bits per heavy atom. The Bertz CT molecular complexity index is 826. The number of nitrogens with zero attached hydrogens (tertiary/aromatic N) is 1. The SMILES string of the molecule is C=C/C(CCC)=C(/CC)N=CCC.CC.CC(C)=O.CC(F)F.CC(c1ccccc1)c1ccccc1.CCCC. The number of benzene rings is 2. The standard InChI is InChI=1S/C14H14.C12H21N.C4H10.C3H6O.C2H4F2.C2H6/c1-12(13-8-4-2-5-9-13)14-10-6-3-7-11-14;1-5-9-11(7-3)12(8-4)13-10-6-2;1-3-4-2;1-3(2)4;1-2(3)4;1-2/h2-12H,1H3;7,10H,3,5-6,8-9H2,1-2,4H3;3-4H2,1-2H3;1-2H3;2H,1H3;1-2H3/b;12-11+,13-10?;;;;. The van der Waals surface area contributed by atoms with E-state index in [9.17, 15) is 13.6 Å². The minimum absolute atomic E-state index is 0.167. The van der Waals surface area contributed by atoms with Crippen LogP contribution in [0.3, 0.4) is 0 Å². The van der Waals surface area contributed by atoms with Crippen LogP contribution in [-0.2, 0) is 4.79 Å². The predicted octanol–water partition coefficient (Wildman–Crippen LogP) is 12.7. The van der Waals surface area contributed by atoms with E-state index < -0.39 is 6.43 Å². The van der Waals surface area contributed by atoms with Gasteiger partial charge in [-0.2, -0.15) is 0 Å². The van der Waals surface area contributed by atoms with Gasteiger partial charge in [0.05, 0.1) is 0 Å². The molecule has 2 nitrogen and oxygen atoms in total. The molecule has 0 radical (unpaired) electrons. The summed E-state index contributed by atoms with van der Waals surface area (Å²) in [5.74, 6) is 0.650. The maximum Gasteiger partial charge on any atom is 0.235 e. The first-order valence-electron chi connectivity index (χ1n) is 15.3. The van der Waals surface area contributed by atoms with Crippen molar-refractivity contribution in [3.05, 3.63) is 95.7 Å². The number of ketones is 1. The molecule has 0 spiro atoms. The van der Waals surface area contributed by atoms with E-state index in [0.717, 1.165) is 32.6 Å². The van der Waals surface area contributed by atoms with E-state index in [1.54, 1.807) is 0 Å². The highest BCUT2D eigenvalue weighted by atomic mass is 19.3. The normalized spacial score (nSPS) is 10.1. The number of aliphatic imine (C=N–C) groups is 1. The van der Waals surface area contributed by atoms with Crippen molar-refractivity contribution in [1.29, 1.82) is 0 Å². The molecule has 0 bridgehead atoms. The molecule has 0 atom stereocenters. The molecule has 41 heavy (non-hydrogen) atoms. The number of unbranched alkanes of at least 4 members (excludes halogenated alkanes) is 1. The Morgan fingerprint density at radius 2 is 1.17 bits per heavy atom. The maximum absolute atomic E-state index is 10.3. The number of hydrogen-bond acceptors (Lipinski definition) is 2. The van der Waals surface area contributed by atoms with Gasteiger partial charge in [0.1, 0.15) is 5.78 Å². The van der Waals surface area contributed by atoms with Crippen LogP contribution in [0, 0.1) is 0 Å². The number of carbonyl (C=O) groups excluding carboxylic acids is 1. The molecule has 2 aromatic rings. The molecule has 0 heterocycles. The summed E-state index contributed by atoms with van der Waals surface area (Å²) in [7, 11) is 0. The van der Waals surface area contributed by atoms with Crippen LogP contribution in [0.25, 0.3) is 0 Å². The second-order valence-electron chi connectivity index (χ2n) is 8.97. The summed E-state index contributed by atoms with van der Waals surface area (Å²) in [4.78, 5) is 13.9. The number of alkyl halides is 2. The molecule has 0 N–H and O–H groups in total. The lowest BCUT2D eigenvalue weighted by molar-refractivity contribution is -0.115. The number of rotatable bonds is 9. The number of Topliss-reactive ketones (excluding diaryl/α,β-unsaturated/α-hetero) is 1. The summed E-state index contributed by atoms with van der Waals surface area (Å²) in [6.45, 7) is 24.7. The molecule has 0 saturated heterocycles. The van der Waals surface area contributed by atoms with Crippen LogP contribution in [0.5, 0.6) is 0 Å². The highest BCUT2D eigenvalue weighted by Gasteiger charge is 2.05. The van der Waals surface area contributed by atoms with Gasteiger partial charge in [0.2, 0.25) is 6.43 Å². The summed E-state index contributed by atoms with van der Waals surface area (Å²) in [6.07, 6.45) is 8.63. The van der Waals surface area contributed by atoms with Crippen molar-refractivity contribution in [3.63, 3.8) is 0 Å². The van der Waals surface area contributed by atoms with Gasteiger partial charge in [-0.15, -0.1) is 0 Å². The zero-order chi connectivity index (χ0) is 32.5. The van der Waals surface area contributed by atoms with Crippen LogP contribution < -0.4 is 0 Å². The maximum atomic E-state index is 10.3. The summed E-state index contributed by atoms with van der Waals surface area (Å²) < 4.78 is 20.7. The summed E-state index contributed by atoms with van der Waals surface area (Å²) in [5.41, 5.74) is 5.24. The van der Waals surface area contributed by atoms with Crippen molar-refractivity contribution in [2.24, 2.45) is 4.99 Å². The van der Waals surface area contributed by atoms with E-state index in [1.165, 1.54) is 49.1 Å². The molecule has 0 amide bonds. The minimum Gasteiger partial charge on any atom is -0.300 e. The molecular weight excluding hydrogens is 512 g/mol. The van der Waals surface area contributed by atoms with E-state index in [0.29, 0.717) is 5.92 Å². The van der Waals surface area contributed by atoms with Crippen LogP contribution in [0.4, 0.5) is 8.78 Å². The molecular formula is C37H61F2NO. The molecule has 0 unspecified atom stereocenters. The number of carbonyl (C=O) groups is 1. The minimum atomic E-state index is -2.17.